The molecule has 0 fully saturated rings. The van der Waals surface area contributed by atoms with Crippen LogP contribution < -0.4 is 10.0 Å². The van der Waals surface area contributed by atoms with Crippen LogP contribution in [0.4, 0.5) is 5.69 Å². The van der Waals surface area contributed by atoms with Gasteiger partial charge in [0.2, 0.25) is 15.9 Å². The fourth-order valence-electron chi connectivity index (χ4n) is 2.73. The van der Waals surface area contributed by atoms with E-state index in [0.29, 0.717) is 31.4 Å². The number of hydrogen-bond acceptors (Lipinski definition) is 4. The molecule has 24 heavy (non-hydrogen) atoms. The van der Waals surface area contributed by atoms with Gasteiger partial charge in [-0.3, -0.25) is 4.79 Å². The molecule has 6 nitrogen and oxygen atoms in total. The van der Waals surface area contributed by atoms with Crippen molar-refractivity contribution in [2.24, 2.45) is 0 Å². The molecule has 1 atom stereocenters. The van der Waals surface area contributed by atoms with Crippen molar-refractivity contribution < 1.29 is 17.6 Å². The highest BCUT2D eigenvalue weighted by molar-refractivity contribution is 7.89. The average molecular weight is 348 g/mol. The molecule has 0 bridgehead atoms. The van der Waals surface area contributed by atoms with Crippen LogP contribution in [0.1, 0.15) is 31.1 Å². The van der Waals surface area contributed by atoms with Crippen molar-refractivity contribution in [3.05, 3.63) is 47.9 Å². The highest BCUT2D eigenvalue weighted by Gasteiger charge is 2.21. The van der Waals surface area contributed by atoms with E-state index in [1.54, 1.807) is 18.4 Å². The third kappa shape index (κ3) is 3.85. The van der Waals surface area contributed by atoms with Crippen molar-refractivity contribution in [2.75, 3.05) is 5.32 Å². The molecule has 0 unspecified atom stereocenters. The summed E-state index contributed by atoms with van der Waals surface area (Å²) < 4.78 is 33.0. The molecular weight excluding hydrogens is 328 g/mol. The highest BCUT2D eigenvalue weighted by Crippen LogP contribution is 2.25. The molecule has 1 aromatic carbocycles. The number of anilines is 1. The minimum absolute atomic E-state index is 0.0391. The number of hydrogen-bond donors (Lipinski definition) is 2. The lowest BCUT2D eigenvalue weighted by molar-refractivity contribution is -0.116. The standard InChI is InChI=1S/C17H20N2O4S/c1-12(4-6-14-3-2-10-23-14)19-24(21,22)15-7-8-16-13(11-15)5-9-17(20)18-16/h2-3,7-8,10-12,19H,4-6,9H2,1H3,(H,18,20)/t12-/m0/s1. The molecule has 1 aromatic heterocycles. The first-order chi connectivity index (χ1) is 11.4. The van der Waals surface area contributed by atoms with Crippen LogP contribution in [0.15, 0.2) is 45.9 Å². The Morgan fingerprint density at radius 3 is 2.88 bits per heavy atom. The molecule has 2 N–H and O–H groups in total. The maximum atomic E-state index is 12.5. The highest BCUT2D eigenvalue weighted by atomic mass is 32.2. The van der Waals surface area contributed by atoms with Crippen LogP contribution in [0.25, 0.3) is 0 Å². The number of sulfonamides is 1. The molecule has 0 saturated carbocycles. The Bertz CT molecular complexity index is 828. The second-order valence-electron chi connectivity index (χ2n) is 6.01. The molecule has 1 aliphatic heterocycles. The van der Waals surface area contributed by atoms with Gasteiger partial charge in [0.1, 0.15) is 5.76 Å². The van der Waals surface area contributed by atoms with Crippen molar-refractivity contribution >= 4 is 21.6 Å². The van der Waals surface area contributed by atoms with E-state index in [0.717, 1.165) is 11.3 Å². The van der Waals surface area contributed by atoms with Crippen molar-refractivity contribution in [1.82, 2.24) is 4.72 Å². The van der Waals surface area contributed by atoms with Gasteiger partial charge in [-0.2, -0.15) is 0 Å². The van der Waals surface area contributed by atoms with Gasteiger partial charge in [0.05, 0.1) is 11.2 Å². The molecule has 2 heterocycles. The van der Waals surface area contributed by atoms with Crippen molar-refractivity contribution in [1.29, 1.82) is 0 Å². The Morgan fingerprint density at radius 2 is 2.12 bits per heavy atom. The van der Waals surface area contributed by atoms with E-state index in [2.05, 4.69) is 10.0 Å². The summed E-state index contributed by atoms with van der Waals surface area (Å²) in [5, 5.41) is 2.75. The molecule has 0 aliphatic carbocycles. The van der Waals surface area contributed by atoms with E-state index >= 15 is 0 Å². The van der Waals surface area contributed by atoms with Crippen LogP contribution in [0.2, 0.25) is 0 Å². The molecule has 1 aliphatic rings. The summed E-state index contributed by atoms with van der Waals surface area (Å²) >= 11 is 0. The van der Waals surface area contributed by atoms with E-state index in [9.17, 15) is 13.2 Å². The van der Waals surface area contributed by atoms with Gasteiger partial charge in [0, 0.05) is 24.6 Å². The van der Waals surface area contributed by atoms with Crippen LogP contribution in [0, 0.1) is 0 Å². The van der Waals surface area contributed by atoms with Gasteiger partial charge in [0.25, 0.3) is 0 Å². The minimum atomic E-state index is -3.59. The Balaban J connectivity index is 1.67. The summed E-state index contributed by atoms with van der Waals surface area (Å²) in [5.74, 6) is 0.799. The van der Waals surface area contributed by atoms with Crippen LogP contribution in [-0.4, -0.2) is 20.4 Å². The maximum absolute atomic E-state index is 12.5. The fraction of sp³-hybridized carbons (Fsp3) is 0.353. The number of fused-ring (bicyclic) bond motifs is 1. The maximum Gasteiger partial charge on any atom is 0.240 e. The monoisotopic (exact) mass is 348 g/mol. The summed E-state index contributed by atoms with van der Waals surface area (Å²) in [4.78, 5) is 11.6. The van der Waals surface area contributed by atoms with Crippen LogP contribution in [0.3, 0.4) is 0 Å². The number of carbonyl (C=O) groups is 1. The Kier molecular flexibility index (Phi) is 4.73. The van der Waals surface area contributed by atoms with Crippen LogP contribution in [-0.2, 0) is 27.7 Å². The second-order valence-corrected chi connectivity index (χ2v) is 7.72. The van der Waals surface area contributed by atoms with E-state index in [1.807, 2.05) is 19.1 Å². The number of benzene rings is 1. The molecule has 0 radical (unpaired) electrons. The Hall–Kier alpha value is -2.12. The van der Waals surface area contributed by atoms with Crippen LogP contribution in [0.5, 0.6) is 0 Å². The van der Waals surface area contributed by atoms with Gasteiger partial charge < -0.3 is 9.73 Å². The first-order valence-electron chi connectivity index (χ1n) is 7.91. The molecule has 7 heteroatoms. The predicted molar refractivity (Wildman–Crippen MR) is 90.2 cm³/mol. The lowest BCUT2D eigenvalue weighted by Gasteiger charge is -2.19. The van der Waals surface area contributed by atoms with Gasteiger partial charge in [0.15, 0.2) is 0 Å². The smallest absolute Gasteiger partial charge is 0.240 e. The summed E-state index contributed by atoms with van der Waals surface area (Å²) in [6.07, 6.45) is 3.86. The van der Waals surface area contributed by atoms with Crippen molar-refractivity contribution in [3.63, 3.8) is 0 Å². The zero-order valence-electron chi connectivity index (χ0n) is 13.4. The van der Waals surface area contributed by atoms with Gasteiger partial charge in [-0.1, -0.05) is 0 Å². The topological polar surface area (TPSA) is 88.4 Å². The average Bonchev–Trinajstić information content (AvgIpc) is 3.05. The Labute approximate surface area is 141 Å². The van der Waals surface area contributed by atoms with Crippen molar-refractivity contribution in [2.45, 2.75) is 43.5 Å². The zero-order chi connectivity index (χ0) is 17.2. The lowest BCUT2D eigenvalue weighted by atomic mass is 10.0. The summed E-state index contributed by atoms with van der Waals surface area (Å²) in [6, 6.07) is 8.28. The van der Waals surface area contributed by atoms with Crippen LogP contribution >= 0.6 is 0 Å². The Morgan fingerprint density at radius 1 is 1.29 bits per heavy atom. The fourth-order valence-corrected chi connectivity index (χ4v) is 4.06. The molecule has 0 saturated heterocycles. The lowest BCUT2D eigenvalue weighted by Crippen LogP contribution is -2.33. The van der Waals surface area contributed by atoms with E-state index in [4.69, 9.17) is 4.42 Å². The van der Waals surface area contributed by atoms with E-state index < -0.39 is 10.0 Å². The molecule has 1 amide bonds. The number of amides is 1. The van der Waals surface area contributed by atoms with Gasteiger partial charge in [-0.15, -0.1) is 0 Å². The summed E-state index contributed by atoms with van der Waals surface area (Å²) in [6.45, 7) is 1.83. The number of rotatable bonds is 6. The molecule has 128 valence electrons. The quantitative estimate of drug-likeness (QED) is 0.839. The number of aryl methyl sites for hydroxylation is 2. The van der Waals surface area contributed by atoms with Gasteiger partial charge in [-0.05, 0) is 55.7 Å². The van der Waals surface area contributed by atoms with Crippen molar-refractivity contribution in [3.8, 4) is 0 Å². The largest absolute Gasteiger partial charge is 0.469 e. The summed E-state index contributed by atoms with van der Waals surface area (Å²) in [5.41, 5.74) is 1.54. The molecule has 2 aromatic rings. The minimum Gasteiger partial charge on any atom is -0.469 e. The number of nitrogens with one attached hydrogen (secondary N) is 2. The predicted octanol–water partition coefficient (Wildman–Crippen LogP) is 2.46. The first-order valence-corrected chi connectivity index (χ1v) is 9.40. The van der Waals surface area contributed by atoms with Gasteiger partial charge >= 0.3 is 0 Å². The van der Waals surface area contributed by atoms with E-state index in [-0.39, 0.29) is 16.8 Å². The summed E-state index contributed by atoms with van der Waals surface area (Å²) in [7, 11) is -3.59. The molecular formula is C17H20N2O4S. The molecule has 0 spiro atoms. The third-order valence-corrected chi connectivity index (χ3v) is 5.63. The number of carbonyl (C=O) groups excluding carboxylic acids is 1. The molecule has 3 rings (SSSR count). The third-order valence-electron chi connectivity index (χ3n) is 4.04. The first kappa shape index (κ1) is 16.7. The zero-order valence-corrected chi connectivity index (χ0v) is 14.2. The van der Waals surface area contributed by atoms with E-state index in [1.165, 1.54) is 6.07 Å². The number of furan rings is 1. The van der Waals surface area contributed by atoms with Gasteiger partial charge in [-0.25, -0.2) is 13.1 Å². The SMILES string of the molecule is C[C@@H](CCc1ccco1)NS(=O)(=O)c1ccc2c(c1)CCC(=O)N2. The second kappa shape index (κ2) is 6.78. The normalized spacial score (nSPS) is 15.6.